The molecular weight excluding hydrogens is 743 g/mol. The number of anilines is 3. The largest absolute Gasteiger partial charge is 0.456 e. The van der Waals surface area contributed by atoms with Crippen molar-refractivity contribution in [3.05, 3.63) is 224 Å². The summed E-state index contributed by atoms with van der Waals surface area (Å²) in [6, 6.07) is 80.1. The van der Waals surface area contributed by atoms with E-state index in [0.29, 0.717) is 0 Å². The first-order chi connectivity index (χ1) is 30.2. The Hall–Kier alpha value is -8.14. The summed E-state index contributed by atoms with van der Waals surface area (Å²) in [5.41, 5.74) is 16.0. The Morgan fingerprint density at radius 2 is 0.770 bits per heavy atom. The molecule has 0 radical (unpaired) electrons. The van der Waals surface area contributed by atoms with Gasteiger partial charge in [0.15, 0.2) is 0 Å². The van der Waals surface area contributed by atoms with E-state index in [0.717, 1.165) is 88.8 Å². The van der Waals surface area contributed by atoms with Crippen molar-refractivity contribution < 1.29 is 8.83 Å². The Labute approximate surface area is 353 Å². The maximum absolute atomic E-state index is 6.29. The van der Waals surface area contributed by atoms with Gasteiger partial charge in [-0.2, -0.15) is 0 Å². The summed E-state index contributed by atoms with van der Waals surface area (Å²) in [5.74, 6) is 0. The smallest absolute Gasteiger partial charge is 0.136 e. The molecular formula is C58H37NO2. The molecule has 0 saturated carbocycles. The third kappa shape index (κ3) is 6.14. The van der Waals surface area contributed by atoms with Gasteiger partial charge in [-0.1, -0.05) is 152 Å². The molecule has 286 valence electrons. The minimum atomic E-state index is 0.887. The van der Waals surface area contributed by atoms with E-state index in [9.17, 15) is 0 Å². The third-order valence-electron chi connectivity index (χ3n) is 12.1. The number of rotatable bonds is 7. The van der Waals surface area contributed by atoms with Gasteiger partial charge in [-0.15, -0.1) is 0 Å². The fourth-order valence-electron chi connectivity index (χ4n) is 9.01. The fraction of sp³-hybridized carbons (Fsp3) is 0. The first kappa shape index (κ1) is 34.9. The summed E-state index contributed by atoms with van der Waals surface area (Å²) in [5, 5.41) is 7.02. The second-order valence-electron chi connectivity index (χ2n) is 15.7. The highest BCUT2D eigenvalue weighted by molar-refractivity contribution is 6.12. The van der Waals surface area contributed by atoms with Crippen molar-refractivity contribution in [2.75, 3.05) is 4.90 Å². The van der Waals surface area contributed by atoms with Gasteiger partial charge in [0.1, 0.15) is 22.3 Å². The molecule has 0 saturated heterocycles. The molecule has 0 aliphatic carbocycles. The van der Waals surface area contributed by atoms with Crippen LogP contribution < -0.4 is 4.90 Å². The second kappa shape index (κ2) is 14.3. The lowest BCUT2D eigenvalue weighted by atomic mass is 9.97. The summed E-state index contributed by atoms with van der Waals surface area (Å²) in [6.07, 6.45) is 0. The van der Waals surface area contributed by atoms with Crippen molar-refractivity contribution >= 4 is 71.7 Å². The number of hydrogen-bond acceptors (Lipinski definition) is 3. The SMILES string of the molecule is c1cc(-c2cccc3oc4ccccc4c23)cc(N(c2ccc(-c3ccc(-c4ccc5ccccc5c4)cc3)cc2)c2ccc(-c3ccc4c(c3)oc3ccccc34)cc2)c1. The number of para-hydroxylation sites is 2. The molecule has 12 rings (SSSR count). The molecule has 0 unspecified atom stereocenters. The molecule has 3 heteroatoms. The van der Waals surface area contributed by atoms with Crippen LogP contribution in [0, 0.1) is 0 Å². The van der Waals surface area contributed by atoms with Gasteiger partial charge in [-0.05, 0) is 128 Å². The highest BCUT2D eigenvalue weighted by Crippen LogP contribution is 2.42. The summed E-state index contributed by atoms with van der Waals surface area (Å²) in [6.45, 7) is 0. The van der Waals surface area contributed by atoms with Crippen molar-refractivity contribution in [3.8, 4) is 44.5 Å². The van der Waals surface area contributed by atoms with E-state index in [1.54, 1.807) is 0 Å². The van der Waals surface area contributed by atoms with Crippen LogP contribution in [0.15, 0.2) is 233 Å². The van der Waals surface area contributed by atoms with Crippen LogP contribution in [0.25, 0.3) is 99.2 Å². The van der Waals surface area contributed by atoms with E-state index in [1.165, 1.54) is 27.5 Å². The van der Waals surface area contributed by atoms with E-state index in [-0.39, 0.29) is 0 Å². The summed E-state index contributed by atoms with van der Waals surface area (Å²) >= 11 is 0. The Bertz CT molecular complexity index is 3580. The van der Waals surface area contributed by atoms with E-state index in [2.05, 4.69) is 205 Å². The van der Waals surface area contributed by atoms with E-state index in [4.69, 9.17) is 8.83 Å². The van der Waals surface area contributed by atoms with Crippen LogP contribution in [0.5, 0.6) is 0 Å². The standard InChI is InChI=1S/C58H37NO2/c1-2-10-43-35-44(24-23-38(43)9-1)41-21-19-39(20-22-41)40-25-30-47(31-26-40)59(48-32-27-42(28-33-48)45-29-34-52-51-13-3-5-16-54(51)61-57(52)37-45)49-12-7-11-46(36-49)50-15-8-18-56-58(50)53-14-4-6-17-55(53)60-56/h1-37H. The first-order valence-electron chi connectivity index (χ1n) is 20.7. The molecule has 61 heavy (non-hydrogen) atoms. The molecule has 2 aromatic heterocycles. The van der Waals surface area contributed by atoms with E-state index >= 15 is 0 Å². The zero-order valence-corrected chi connectivity index (χ0v) is 33.1. The van der Waals surface area contributed by atoms with E-state index in [1.807, 2.05) is 24.3 Å². The van der Waals surface area contributed by atoms with Gasteiger partial charge in [0.25, 0.3) is 0 Å². The third-order valence-corrected chi connectivity index (χ3v) is 12.1. The monoisotopic (exact) mass is 779 g/mol. The number of furan rings is 2. The van der Waals surface area contributed by atoms with Gasteiger partial charge in [0.2, 0.25) is 0 Å². The average molecular weight is 780 g/mol. The van der Waals surface area contributed by atoms with Crippen LogP contribution in [0.3, 0.4) is 0 Å². The lowest BCUT2D eigenvalue weighted by Gasteiger charge is -2.26. The second-order valence-corrected chi connectivity index (χ2v) is 15.7. The Balaban J connectivity index is 0.920. The fourth-order valence-corrected chi connectivity index (χ4v) is 9.01. The summed E-state index contributed by atoms with van der Waals surface area (Å²) in [7, 11) is 0. The zero-order valence-electron chi connectivity index (χ0n) is 33.1. The molecule has 0 spiro atoms. The van der Waals surface area contributed by atoms with Crippen LogP contribution in [0.1, 0.15) is 0 Å². The van der Waals surface area contributed by atoms with Crippen molar-refractivity contribution in [1.82, 2.24) is 0 Å². The lowest BCUT2D eigenvalue weighted by molar-refractivity contribution is 0.668. The highest BCUT2D eigenvalue weighted by atomic mass is 16.3. The normalized spacial score (nSPS) is 11.6. The Morgan fingerprint density at radius 1 is 0.262 bits per heavy atom. The molecule has 12 aromatic rings. The van der Waals surface area contributed by atoms with Crippen LogP contribution in [-0.2, 0) is 0 Å². The van der Waals surface area contributed by atoms with Gasteiger partial charge in [0.05, 0.1) is 0 Å². The molecule has 0 aliphatic rings. The lowest BCUT2D eigenvalue weighted by Crippen LogP contribution is -2.10. The highest BCUT2D eigenvalue weighted by Gasteiger charge is 2.17. The molecule has 2 heterocycles. The maximum Gasteiger partial charge on any atom is 0.136 e. The van der Waals surface area contributed by atoms with Crippen molar-refractivity contribution in [2.24, 2.45) is 0 Å². The number of nitrogens with zero attached hydrogens (tertiary/aromatic N) is 1. The van der Waals surface area contributed by atoms with Crippen LogP contribution in [0.2, 0.25) is 0 Å². The first-order valence-corrected chi connectivity index (χ1v) is 20.7. The minimum absolute atomic E-state index is 0.887. The Kier molecular flexibility index (Phi) is 8.17. The average Bonchev–Trinajstić information content (AvgIpc) is 3.90. The summed E-state index contributed by atoms with van der Waals surface area (Å²) in [4.78, 5) is 2.34. The molecule has 0 amide bonds. The van der Waals surface area contributed by atoms with E-state index < -0.39 is 0 Å². The Morgan fingerprint density at radius 3 is 1.51 bits per heavy atom. The molecule has 0 aliphatic heterocycles. The van der Waals surface area contributed by atoms with Crippen molar-refractivity contribution in [2.45, 2.75) is 0 Å². The van der Waals surface area contributed by atoms with Gasteiger partial charge in [-0.25, -0.2) is 0 Å². The van der Waals surface area contributed by atoms with Crippen molar-refractivity contribution in [3.63, 3.8) is 0 Å². The van der Waals surface area contributed by atoms with Gasteiger partial charge >= 0.3 is 0 Å². The number of hydrogen-bond donors (Lipinski definition) is 0. The number of fused-ring (bicyclic) bond motifs is 7. The van der Waals surface area contributed by atoms with Gasteiger partial charge in [0, 0.05) is 38.6 Å². The topological polar surface area (TPSA) is 29.5 Å². The van der Waals surface area contributed by atoms with Crippen LogP contribution in [-0.4, -0.2) is 0 Å². The summed E-state index contributed by atoms with van der Waals surface area (Å²) < 4.78 is 12.5. The predicted molar refractivity (Wildman–Crippen MR) is 255 cm³/mol. The van der Waals surface area contributed by atoms with Gasteiger partial charge < -0.3 is 13.7 Å². The molecule has 3 nitrogen and oxygen atoms in total. The zero-order chi connectivity index (χ0) is 40.3. The molecule has 0 atom stereocenters. The van der Waals surface area contributed by atoms with Gasteiger partial charge in [-0.3, -0.25) is 0 Å². The van der Waals surface area contributed by atoms with Crippen LogP contribution in [0.4, 0.5) is 17.1 Å². The van der Waals surface area contributed by atoms with Crippen LogP contribution >= 0.6 is 0 Å². The molecule has 10 aromatic carbocycles. The molecule has 0 bridgehead atoms. The molecule has 0 N–H and O–H groups in total. The van der Waals surface area contributed by atoms with Crippen molar-refractivity contribution in [1.29, 1.82) is 0 Å². The minimum Gasteiger partial charge on any atom is -0.456 e. The quantitative estimate of drug-likeness (QED) is 0.161. The predicted octanol–water partition coefficient (Wildman–Crippen LogP) is 16.8. The maximum atomic E-state index is 6.29. The molecule has 0 fully saturated rings. The number of benzene rings is 10.